The van der Waals surface area contributed by atoms with Gasteiger partial charge in [0, 0.05) is 23.4 Å². The van der Waals surface area contributed by atoms with Crippen LogP contribution < -0.4 is 16.4 Å². The van der Waals surface area contributed by atoms with Gasteiger partial charge in [0.25, 0.3) is 0 Å². The van der Waals surface area contributed by atoms with Crippen LogP contribution in [0, 0.1) is 11.3 Å². The van der Waals surface area contributed by atoms with E-state index in [0.717, 1.165) is 0 Å². The number of primary amides is 1. The van der Waals surface area contributed by atoms with Gasteiger partial charge in [0.2, 0.25) is 5.91 Å². The molecule has 7 nitrogen and oxygen atoms in total. The van der Waals surface area contributed by atoms with Crippen LogP contribution in [-0.4, -0.2) is 23.5 Å². The summed E-state index contributed by atoms with van der Waals surface area (Å²) in [4.78, 5) is 26.1. The molecule has 0 radical (unpaired) electrons. The standard InChI is InChI=1S/C14H12ClN5O2/c15-9-1-2-11-10(6-9)8(7-16)5-12(19-11)18-4-3-13(21)20-14(17)22/h1-2,5-6H,3-4H2,(H,18,19)(H3,17,20,21,22). The third kappa shape index (κ3) is 3.84. The Labute approximate surface area is 131 Å². The minimum atomic E-state index is -0.891. The Bertz CT molecular complexity index is 785. The lowest BCUT2D eigenvalue weighted by Crippen LogP contribution is -2.35. The average molecular weight is 318 g/mol. The summed E-state index contributed by atoms with van der Waals surface area (Å²) in [5.74, 6) is -0.0358. The van der Waals surface area contributed by atoms with Crippen molar-refractivity contribution in [2.24, 2.45) is 5.73 Å². The lowest BCUT2D eigenvalue weighted by Gasteiger charge is -2.08. The van der Waals surface area contributed by atoms with Crippen molar-refractivity contribution in [2.75, 3.05) is 11.9 Å². The van der Waals surface area contributed by atoms with Crippen LogP contribution in [0.1, 0.15) is 12.0 Å². The fourth-order valence-electron chi connectivity index (χ4n) is 1.89. The molecule has 22 heavy (non-hydrogen) atoms. The number of carbonyl (C=O) groups is 2. The van der Waals surface area contributed by atoms with Crippen molar-refractivity contribution in [2.45, 2.75) is 6.42 Å². The second-order valence-electron chi connectivity index (χ2n) is 4.42. The number of nitrogens with two attached hydrogens (primary N) is 1. The molecule has 1 aromatic heterocycles. The molecule has 0 aliphatic heterocycles. The summed E-state index contributed by atoms with van der Waals surface area (Å²) in [5, 5.41) is 15.3. The van der Waals surface area contributed by atoms with Crippen LogP contribution in [0.4, 0.5) is 10.6 Å². The molecule has 4 N–H and O–H groups in total. The first-order chi connectivity index (χ1) is 10.5. The van der Waals surface area contributed by atoms with Gasteiger partial charge in [-0.3, -0.25) is 10.1 Å². The quantitative estimate of drug-likeness (QED) is 0.793. The second kappa shape index (κ2) is 6.74. The molecular formula is C14H12ClN5O2. The number of hydrogen-bond donors (Lipinski definition) is 3. The van der Waals surface area contributed by atoms with E-state index in [4.69, 9.17) is 17.3 Å². The third-order valence-corrected chi connectivity index (χ3v) is 3.05. The van der Waals surface area contributed by atoms with Gasteiger partial charge in [-0.25, -0.2) is 9.78 Å². The largest absolute Gasteiger partial charge is 0.369 e. The van der Waals surface area contributed by atoms with Gasteiger partial charge in [0.05, 0.1) is 17.1 Å². The molecule has 112 valence electrons. The van der Waals surface area contributed by atoms with Crippen LogP contribution in [0.3, 0.4) is 0 Å². The van der Waals surface area contributed by atoms with Gasteiger partial charge in [-0.05, 0) is 24.3 Å². The zero-order valence-corrected chi connectivity index (χ0v) is 12.1. The molecule has 0 fully saturated rings. The van der Waals surface area contributed by atoms with Crippen molar-refractivity contribution in [3.8, 4) is 6.07 Å². The highest BCUT2D eigenvalue weighted by atomic mass is 35.5. The lowest BCUT2D eigenvalue weighted by atomic mass is 10.1. The molecule has 2 rings (SSSR count). The molecule has 2 aromatic rings. The highest BCUT2D eigenvalue weighted by Gasteiger charge is 2.08. The van der Waals surface area contributed by atoms with Crippen molar-refractivity contribution in [1.82, 2.24) is 10.3 Å². The topological polar surface area (TPSA) is 121 Å². The van der Waals surface area contributed by atoms with Crippen molar-refractivity contribution < 1.29 is 9.59 Å². The normalized spacial score (nSPS) is 10.0. The van der Waals surface area contributed by atoms with Crippen LogP contribution in [0.15, 0.2) is 24.3 Å². The Morgan fingerprint density at radius 3 is 2.82 bits per heavy atom. The number of amides is 3. The van der Waals surface area contributed by atoms with Gasteiger partial charge in [0.1, 0.15) is 5.82 Å². The van der Waals surface area contributed by atoms with Gasteiger partial charge in [-0.15, -0.1) is 0 Å². The number of halogens is 1. The molecule has 0 saturated carbocycles. The smallest absolute Gasteiger partial charge is 0.318 e. The Morgan fingerprint density at radius 2 is 2.14 bits per heavy atom. The maximum Gasteiger partial charge on any atom is 0.318 e. The molecule has 0 unspecified atom stereocenters. The van der Waals surface area contributed by atoms with E-state index in [9.17, 15) is 14.9 Å². The van der Waals surface area contributed by atoms with E-state index in [2.05, 4.69) is 16.4 Å². The number of benzene rings is 1. The molecule has 1 aromatic carbocycles. The number of fused-ring (bicyclic) bond motifs is 1. The number of carbonyl (C=O) groups excluding carboxylic acids is 2. The monoisotopic (exact) mass is 317 g/mol. The van der Waals surface area contributed by atoms with Crippen LogP contribution in [0.2, 0.25) is 5.02 Å². The number of anilines is 1. The van der Waals surface area contributed by atoms with E-state index >= 15 is 0 Å². The summed E-state index contributed by atoms with van der Waals surface area (Å²) in [7, 11) is 0. The SMILES string of the molecule is N#Cc1cc(NCCC(=O)NC(N)=O)nc2ccc(Cl)cc12. The Hall–Kier alpha value is -2.85. The van der Waals surface area contributed by atoms with Gasteiger partial charge in [-0.2, -0.15) is 5.26 Å². The van der Waals surface area contributed by atoms with Crippen LogP contribution in [0.25, 0.3) is 10.9 Å². The minimum absolute atomic E-state index is 0.0468. The van der Waals surface area contributed by atoms with Crippen LogP contribution in [0.5, 0.6) is 0 Å². The van der Waals surface area contributed by atoms with Crippen LogP contribution >= 0.6 is 11.6 Å². The number of urea groups is 1. The highest BCUT2D eigenvalue weighted by Crippen LogP contribution is 2.23. The number of nitriles is 1. The molecule has 0 atom stereocenters. The number of rotatable bonds is 4. The Kier molecular flexibility index (Phi) is 4.76. The van der Waals surface area contributed by atoms with Crippen molar-refractivity contribution in [3.05, 3.63) is 34.9 Å². The first-order valence-electron chi connectivity index (χ1n) is 6.33. The fourth-order valence-corrected chi connectivity index (χ4v) is 2.06. The van der Waals surface area contributed by atoms with Gasteiger partial charge in [0.15, 0.2) is 0 Å². The lowest BCUT2D eigenvalue weighted by molar-refractivity contribution is -0.119. The molecule has 3 amide bonds. The summed E-state index contributed by atoms with van der Waals surface area (Å²) >= 11 is 5.91. The van der Waals surface area contributed by atoms with E-state index in [1.54, 1.807) is 24.3 Å². The summed E-state index contributed by atoms with van der Waals surface area (Å²) in [6.07, 6.45) is 0.0468. The molecule has 8 heteroatoms. The average Bonchev–Trinajstić information content (AvgIpc) is 2.46. The van der Waals surface area contributed by atoms with Crippen molar-refractivity contribution in [1.29, 1.82) is 5.26 Å². The predicted molar refractivity (Wildman–Crippen MR) is 82.3 cm³/mol. The minimum Gasteiger partial charge on any atom is -0.369 e. The van der Waals surface area contributed by atoms with Crippen molar-refractivity contribution >= 4 is 40.3 Å². The molecule has 0 spiro atoms. The molecule has 0 saturated heterocycles. The first-order valence-corrected chi connectivity index (χ1v) is 6.71. The van der Waals surface area contributed by atoms with E-state index in [-0.39, 0.29) is 13.0 Å². The zero-order valence-electron chi connectivity index (χ0n) is 11.4. The number of nitrogens with zero attached hydrogens (tertiary/aromatic N) is 2. The Balaban J connectivity index is 2.12. The number of aromatic nitrogens is 1. The maximum absolute atomic E-state index is 11.3. The van der Waals surface area contributed by atoms with Crippen LogP contribution in [-0.2, 0) is 4.79 Å². The number of pyridine rings is 1. The van der Waals surface area contributed by atoms with E-state index < -0.39 is 11.9 Å². The Morgan fingerprint density at radius 1 is 1.36 bits per heavy atom. The van der Waals surface area contributed by atoms with Crippen molar-refractivity contribution in [3.63, 3.8) is 0 Å². The number of imide groups is 1. The number of nitrogens with one attached hydrogen (secondary N) is 2. The zero-order chi connectivity index (χ0) is 16.1. The fraction of sp³-hybridized carbons (Fsp3) is 0.143. The number of hydrogen-bond acceptors (Lipinski definition) is 5. The molecular weight excluding hydrogens is 306 g/mol. The van der Waals surface area contributed by atoms with Gasteiger partial charge >= 0.3 is 6.03 Å². The predicted octanol–water partition coefficient (Wildman–Crippen LogP) is 1.76. The maximum atomic E-state index is 11.3. The van der Waals surface area contributed by atoms with Gasteiger partial charge < -0.3 is 11.1 Å². The summed E-state index contributed by atoms with van der Waals surface area (Å²) in [6.45, 7) is 0.246. The molecule has 0 aliphatic carbocycles. The second-order valence-corrected chi connectivity index (χ2v) is 4.85. The third-order valence-electron chi connectivity index (χ3n) is 2.81. The van der Waals surface area contributed by atoms with E-state index in [1.165, 1.54) is 0 Å². The summed E-state index contributed by atoms with van der Waals surface area (Å²) < 4.78 is 0. The highest BCUT2D eigenvalue weighted by molar-refractivity contribution is 6.31. The first kappa shape index (κ1) is 15.5. The van der Waals surface area contributed by atoms with Gasteiger partial charge in [-0.1, -0.05) is 11.6 Å². The molecule has 0 bridgehead atoms. The molecule has 1 heterocycles. The summed E-state index contributed by atoms with van der Waals surface area (Å²) in [5.41, 5.74) is 5.88. The summed E-state index contributed by atoms with van der Waals surface area (Å²) in [6, 6.07) is 7.83. The van der Waals surface area contributed by atoms with E-state index in [1.807, 2.05) is 5.32 Å². The molecule has 0 aliphatic rings. The van der Waals surface area contributed by atoms with E-state index in [0.29, 0.717) is 27.3 Å².